The number of rotatable bonds is 0. The van der Waals surface area contributed by atoms with Crippen molar-refractivity contribution in [3.63, 3.8) is 0 Å². The lowest BCUT2D eigenvalue weighted by atomic mass is 9.82. The Kier molecular flexibility index (Phi) is 0.898. The van der Waals surface area contributed by atoms with Gasteiger partial charge in [0.1, 0.15) is 0 Å². The zero-order valence-electron chi connectivity index (χ0n) is 6.09. The molecule has 3 aliphatic carbocycles. The quantitative estimate of drug-likeness (QED) is 0.444. The average molecular weight is 132 g/mol. The Labute approximate surface area is 62.3 Å². The minimum Gasteiger partial charge on any atom is -0.0879 e. The van der Waals surface area contributed by atoms with Crippen LogP contribution < -0.4 is 0 Å². The summed E-state index contributed by atoms with van der Waals surface area (Å²) in [6, 6.07) is 0. The molecule has 0 saturated heterocycles. The van der Waals surface area contributed by atoms with Crippen LogP contribution in [0.15, 0.2) is 12.2 Å². The van der Waals surface area contributed by atoms with E-state index in [1.807, 2.05) is 0 Å². The molecule has 0 amide bonds. The molecule has 0 nitrogen and oxygen atoms in total. The van der Waals surface area contributed by atoms with E-state index in [1.54, 1.807) is 0 Å². The molecule has 2 bridgehead atoms. The van der Waals surface area contributed by atoms with Gasteiger partial charge in [-0.3, -0.25) is 0 Å². The fourth-order valence-corrected chi connectivity index (χ4v) is 3.05. The van der Waals surface area contributed by atoms with Crippen molar-refractivity contribution in [2.45, 2.75) is 19.3 Å². The molecule has 4 atom stereocenters. The first-order chi connectivity index (χ1) is 4.95. The van der Waals surface area contributed by atoms with Crippen LogP contribution in [0.3, 0.4) is 0 Å². The highest BCUT2D eigenvalue weighted by molar-refractivity contribution is 5.16. The van der Waals surface area contributed by atoms with Crippen LogP contribution in [0.1, 0.15) is 19.3 Å². The van der Waals surface area contributed by atoms with Crippen molar-refractivity contribution in [3.05, 3.63) is 18.6 Å². The van der Waals surface area contributed by atoms with E-state index < -0.39 is 0 Å². The Hall–Kier alpha value is -0.260. The van der Waals surface area contributed by atoms with Gasteiger partial charge in [-0.1, -0.05) is 12.2 Å². The molecule has 52 valence electrons. The van der Waals surface area contributed by atoms with E-state index in [0.717, 1.165) is 23.7 Å². The van der Waals surface area contributed by atoms with Gasteiger partial charge in [-0.15, -0.1) is 0 Å². The highest BCUT2D eigenvalue weighted by atomic mass is 14.5. The Morgan fingerprint density at radius 3 is 3.30 bits per heavy atom. The third-order valence-electron chi connectivity index (χ3n) is 3.52. The normalized spacial score (nSPS) is 56.0. The average Bonchev–Trinajstić information content (AvgIpc) is 2.60. The Bertz CT molecular complexity index is 180. The molecule has 0 heterocycles. The summed E-state index contributed by atoms with van der Waals surface area (Å²) >= 11 is 0. The second-order valence-electron chi connectivity index (χ2n) is 3.92. The smallest absolute Gasteiger partial charge is 0.0133 e. The largest absolute Gasteiger partial charge is 0.0879 e. The van der Waals surface area contributed by atoms with Crippen molar-refractivity contribution in [1.82, 2.24) is 0 Å². The molecule has 0 aromatic heterocycles. The van der Waals surface area contributed by atoms with Gasteiger partial charge in [0.15, 0.2) is 0 Å². The van der Waals surface area contributed by atoms with Gasteiger partial charge in [0.25, 0.3) is 0 Å². The van der Waals surface area contributed by atoms with Gasteiger partial charge in [-0.25, -0.2) is 0 Å². The van der Waals surface area contributed by atoms with Crippen molar-refractivity contribution in [3.8, 4) is 0 Å². The predicted octanol–water partition coefficient (Wildman–Crippen LogP) is 2.30. The lowest BCUT2D eigenvalue weighted by Crippen LogP contribution is -2.16. The topological polar surface area (TPSA) is 0 Å². The molecular formula is C10H12. The van der Waals surface area contributed by atoms with Crippen LogP contribution in [0.2, 0.25) is 0 Å². The summed E-state index contributed by atoms with van der Waals surface area (Å²) in [6.07, 6.45) is 12.5. The molecule has 10 heavy (non-hydrogen) atoms. The maximum Gasteiger partial charge on any atom is -0.0133 e. The van der Waals surface area contributed by atoms with Gasteiger partial charge >= 0.3 is 0 Å². The van der Waals surface area contributed by atoms with Crippen LogP contribution in [-0.2, 0) is 0 Å². The minimum atomic E-state index is 0.880. The van der Waals surface area contributed by atoms with Crippen molar-refractivity contribution >= 4 is 0 Å². The molecule has 3 aliphatic rings. The molecule has 2 fully saturated rings. The molecule has 0 spiro atoms. The first-order valence-corrected chi connectivity index (χ1v) is 4.35. The van der Waals surface area contributed by atoms with Gasteiger partial charge in [-0.2, -0.15) is 0 Å². The van der Waals surface area contributed by atoms with Crippen LogP contribution in [0.25, 0.3) is 0 Å². The number of allylic oxidation sites excluding steroid dienone is 2. The number of hydrogen-bond donors (Lipinski definition) is 0. The highest BCUT2D eigenvalue weighted by Gasteiger charge is 2.47. The maximum absolute atomic E-state index is 3.59. The second kappa shape index (κ2) is 1.66. The molecule has 4 unspecified atom stereocenters. The molecule has 2 saturated carbocycles. The maximum atomic E-state index is 3.59. The SMILES string of the molecule is [C]1CC2CC1C1CC=CC21. The van der Waals surface area contributed by atoms with Crippen molar-refractivity contribution in [2.24, 2.45) is 23.7 Å². The summed E-state index contributed by atoms with van der Waals surface area (Å²) in [6.45, 7) is 0. The zero-order chi connectivity index (χ0) is 6.55. The third-order valence-corrected chi connectivity index (χ3v) is 3.52. The summed E-state index contributed by atoms with van der Waals surface area (Å²) in [7, 11) is 0. The van der Waals surface area contributed by atoms with Gasteiger partial charge in [0.05, 0.1) is 0 Å². The van der Waals surface area contributed by atoms with Crippen LogP contribution in [0.5, 0.6) is 0 Å². The highest BCUT2D eigenvalue weighted by Crippen LogP contribution is 2.55. The van der Waals surface area contributed by atoms with Crippen LogP contribution in [0, 0.1) is 30.1 Å². The van der Waals surface area contributed by atoms with Crippen LogP contribution >= 0.6 is 0 Å². The molecule has 0 N–H and O–H groups in total. The standard InChI is InChI=1S/C10H12/c1-2-9-7-4-5-8(6-7)10(9)3-1/h1-2,7-10H,3-4,6H2. The Morgan fingerprint density at radius 2 is 2.40 bits per heavy atom. The van der Waals surface area contributed by atoms with E-state index in [2.05, 4.69) is 18.6 Å². The first-order valence-electron chi connectivity index (χ1n) is 4.35. The van der Waals surface area contributed by atoms with E-state index in [-0.39, 0.29) is 0 Å². The van der Waals surface area contributed by atoms with Crippen molar-refractivity contribution in [1.29, 1.82) is 0 Å². The predicted molar refractivity (Wildman–Crippen MR) is 40.2 cm³/mol. The van der Waals surface area contributed by atoms with Gasteiger partial charge in [0.2, 0.25) is 0 Å². The van der Waals surface area contributed by atoms with E-state index in [1.165, 1.54) is 19.3 Å². The van der Waals surface area contributed by atoms with Crippen molar-refractivity contribution in [2.75, 3.05) is 0 Å². The van der Waals surface area contributed by atoms with E-state index >= 15 is 0 Å². The zero-order valence-corrected chi connectivity index (χ0v) is 6.09. The van der Waals surface area contributed by atoms with E-state index in [0.29, 0.717) is 0 Å². The lowest BCUT2D eigenvalue weighted by Gasteiger charge is -2.22. The molecule has 0 aliphatic heterocycles. The molecule has 3 rings (SSSR count). The van der Waals surface area contributed by atoms with Gasteiger partial charge in [0, 0.05) is 0 Å². The molecule has 2 radical (unpaired) electrons. The summed E-state index contributed by atoms with van der Waals surface area (Å²) < 4.78 is 0. The monoisotopic (exact) mass is 132 g/mol. The Morgan fingerprint density at radius 1 is 1.40 bits per heavy atom. The van der Waals surface area contributed by atoms with Crippen LogP contribution in [0.4, 0.5) is 0 Å². The van der Waals surface area contributed by atoms with Crippen LogP contribution in [-0.4, -0.2) is 0 Å². The molecular weight excluding hydrogens is 120 g/mol. The summed E-state index contributed by atoms with van der Waals surface area (Å²) in [5.41, 5.74) is 0. The minimum absolute atomic E-state index is 0.880. The fourth-order valence-electron chi connectivity index (χ4n) is 3.05. The fraction of sp³-hybridized carbons (Fsp3) is 0.700. The molecule has 0 aromatic carbocycles. The second-order valence-corrected chi connectivity index (χ2v) is 3.92. The summed E-state index contributed by atoms with van der Waals surface area (Å²) in [5.74, 6) is 3.82. The number of fused-ring (bicyclic) bond motifs is 5. The van der Waals surface area contributed by atoms with E-state index in [9.17, 15) is 0 Å². The summed E-state index contributed by atoms with van der Waals surface area (Å²) in [5, 5.41) is 0. The molecule has 0 aromatic rings. The Balaban J connectivity index is 1.97. The summed E-state index contributed by atoms with van der Waals surface area (Å²) in [4.78, 5) is 0. The third kappa shape index (κ3) is 0.492. The first kappa shape index (κ1) is 5.40. The van der Waals surface area contributed by atoms with Crippen molar-refractivity contribution < 1.29 is 0 Å². The number of hydrogen-bond acceptors (Lipinski definition) is 0. The lowest BCUT2D eigenvalue weighted by molar-refractivity contribution is 0.334. The molecule has 0 heteroatoms. The van der Waals surface area contributed by atoms with Gasteiger partial charge < -0.3 is 0 Å². The van der Waals surface area contributed by atoms with Gasteiger partial charge in [-0.05, 0) is 49.4 Å². The van der Waals surface area contributed by atoms with E-state index in [4.69, 9.17) is 0 Å².